The van der Waals surface area contributed by atoms with Crippen molar-refractivity contribution in [2.45, 2.75) is 46.6 Å². The van der Waals surface area contributed by atoms with Crippen LogP contribution < -0.4 is 4.74 Å². The lowest BCUT2D eigenvalue weighted by atomic mass is 10.1. The van der Waals surface area contributed by atoms with Crippen molar-refractivity contribution in [2.24, 2.45) is 5.92 Å². The highest BCUT2D eigenvalue weighted by molar-refractivity contribution is 6.32. The molecule has 2 aliphatic heterocycles. The van der Waals surface area contributed by atoms with E-state index in [4.69, 9.17) is 16.3 Å². The SMILES string of the molecule is Cc1cc(OCC(=O)N2CCCN(C(=O)C3CC(=O)N(C(C)C)C3)CC2)cc(C)c1Cl. The van der Waals surface area contributed by atoms with E-state index in [1.54, 1.807) is 9.80 Å². The van der Waals surface area contributed by atoms with E-state index in [1.165, 1.54) is 0 Å². The number of halogens is 1. The largest absolute Gasteiger partial charge is 0.484 e. The fourth-order valence-electron chi connectivity index (χ4n) is 4.27. The zero-order valence-corrected chi connectivity index (χ0v) is 19.6. The smallest absolute Gasteiger partial charge is 0.260 e. The lowest BCUT2D eigenvalue weighted by molar-refractivity contribution is -0.137. The lowest BCUT2D eigenvalue weighted by Gasteiger charge is -2.25. The molecule has 0 spiro atoms. The van der Waals surface area contributed by atoms with Crippen LogP contribution in [0.25, 0.3) is 0 Å². The summed E-state index contributed by atoms with van der Waals surface area (Å²) in [7, 11) is 0. The summed E-state index contributed by atoms with van der Waals surface area (Å²) in [5.41, 5.74) is 1.82. The van der Waals surface area contributed by atoms with Crippen molar-refractivity contribution in [3.63, 3.8) is 0 Å². The first-order valence-electron chi connectivity index (χ1n) is 10.9. The predicted molar refractivity (Wildman–Crippen MR) is 119 cm³/mol. The molecule has 1 aromatic carbocycles. The Kier molecular flexibility index (Phi) is 7.46. The molecular formula is C23H32ClN3O4. The number of aryl methyl sites for hydroxylation is 2. The van der Waals surface area contributed by atoms with E-state index in [-0.39, 0.29) is 42.7 Å². The normalized spacial score (nSPS) is 19.7. The Morgan fingerprint density at radius 3 is 2.32 bits per heavy atom. The van der Waals surface area contributed by atoms with Gasteiger partial charge in [0.05, 0.1) is 5.92 Å². The minimum absolute atomic E-state index is 0.0224. The predicted octanol–water partition coefficient (Wildman–Crippen LogP) is 2.65. The molecule has 1 atom stereocenters. The highest BCUT2D eigenvalue weighted by Gasteiger charge is 2.37. The van der Waals surface area contributed by atoms with Crippen LogP contribution in [0.1, 0.15) is 37.8 Å². The molecular weight excluding hydrogens is 418 g/mol. The lowest BCUT2D eigenvalue weighted by Crippen LogP contribution is -2.42. The van der Waals surface area contributed by atoms with Crippen molar-refractivity contribution in [3.8, 4) is 5.75 Å². The number of nitrogens with zero attached hydrogens (tertiary/aromatic N) is 3. The Morgan fingerprint density at radius 1 is 1.10 bits per heavy atom. The number of rotatable bonds is 5. The van der Waals surface area contributed by atoms with Gasteiger partial charge in [-0.2, -0.15) is 0 Å². The molecule has 3 amide bonds. The highest BCUT2D eigenvalue weighted by atomic mass is 35.5. The van der Waals surface area contributed by atoms with Gasteiger partial charge >= 0.3 is 0 Å². The third-order valence-electron chi connectivity index (χ3n) is 6.06. The van der Waals surface area contributed by atoms with Gasteiger partial charge in [0.1, 0.15) is 5.75 Å². The molecule has 0 N–H and O–H groups in total. The monoisotopic (exact) mass is 449 g/mol. The minimum Gasteiger partial charge on any atom is -0.484 e. The Labute approximate surface area is 189 Å². The van der Waals surface area contributed by atoms with Gasteiger partial charge in [-0.1, -0.05) is 11.6 Å². The van der Waals surface area contributed by atoms with E-state index in [9.17, 15) is 14.4 Å². The number of amides is 3. The molecule has 2 aliphatic rings. The summed E-state index contributed by atoms with van der Waals surface area (Å²) in [4.78, 5) is 43.1. The molecule has 2 fully saturated rings. The second kappa shape index (κ2) is 9.90. The maximum Gasteiger partial charge on any atom is 0.260 e. The van der Waals surface area contributed by atoms with Gasteiger partial charge in [0.15, 0.2) is 6.61 Å². The van der Waals surface area contributed by atoms with Crippen LogP contribution in [0.2, 0.25) is 5.02 Å². The Balaban J connectivity index is 1.52. The third-order valence-corrected chi connectivity index (χ3v) is 6.66. The fourth-order valence-corrected chi connectivity index (χ4v) is 4.38. The van der Waals surface area contributed by atoms with Crippen LogP contribution in [0.15, 0.2) is 12.1 Å². The van der Waals surface area contributed by atoms with E-state index in [1.807, 2.05) is 44.7 Å². The summed E-state index contributed by atoms with van der Waals surface area (Å²) in [5.74, 6) is 0.317. The van der Waals surface area contributed by atoms with Gasteiger partial charge in [0.25, 0.3) is 5.91 Å². The number of carbonyl (C=O) groups excluding carboxylic acids is 3. The number of hydrogen-bond acceptors (Lipinski definition) is 4. The van der Waals surface area contributed by atoms with Crippen molar-refractivity contribution in [1.29, 1.82) is 0 Å². The topological polar surface area (TPSA) is 70.2 Å². The van der Waals surface area contributed by atoms with E-state index < -0.39 is 0 Å². The first-order valence-corrected chi connectivity index (χ1v) is 11.3. The molecule has 0 bridgehead atoms. The van der Waals surface area contributed by atoms with Gasteiger partial charge in [0.2, 0.25) is 11.8 Å². The van der Waals surface area contributed by atoms with E-state index in [0.717, 1.165) is 11.1 Å². The molecule has 2 saturated heterocycles. The Hall–Kier alpha value is -2.28. The quantitative estimate of drug-likeness (QED) is 0.693. The van der Waals surface area contributed by atoms with Crippen molar-refractivity contribution < 1.29 is 19.1 Å². The maximum atomic E-state index is 13.0. The fraction of sp³-hybridized carbons (Fsp3) is 0.609. The summed E-state index contributed by atoms with van der Waals surface area (Å²) in [6.45, 7) is 10.3. The molecule has 2 heterocycles. The van der Waals surface area contributed by atoms with Crippen molar-refractivity contribution in [2.75, 3.05) is 39.3 Å². The van der Waals surface area contributed by atoms with Gasteiger partial charge in [-0.3, -0.25) is 14.4 Å². The van der Waals surface area contributed by atoms with Crippen LogP contribution >= 0.6 is 11.6 Å². The molecule has 1 aromatic rings. The van der Waals surface area contributed by atoms with Gasteiger partial charge in [-0.15, -0.1) is 0 Å². The summed E-state index contributed by atoms with van der Waals surface area (Å²) in [6.07, 6.45) is 0.995. The minimum atomic E-state index is -0.281. The molecule has 1 unspecified atom stereocenters. The Bertz CT molecular complexity index is 834. The average Bonchev–Trinajstić information content (AvgIpc) is 2.95. The number of carbonyl (C=O) groups is 3. The molecule has 0 saturated carbocycles. The second-order valence-electron chi connectivity index (χ2n) is 8.76. The molecule has 3 rings (SSSR count). The maximum absolute atomic E-state index is 13.0. The highest BCUT2D eigenvalue weighted by Crippen LogP contribution is 2.26. The number of benzene rings is 1. The van der Waals surface area contributed by atoms with Gasteiger partial charge < -0.3 is 19.4 Å². The van der Waals surface area contributed by atoms with Gasteiger partial charge in [-0.05, 0) is 57.4 Å². The van der Waals surface area contributed by atoms with Crippen LogP contribution in [0.5, 0.6) is 5.75 Å². The molecule has 0 radical (unpaired) electrons. The van der Waals surface area contributed by atoms with Gasteiger partial charge in [0, 0.05) is 50.2 Å². The first kappa shape index (κ1) is 23.4. The number of hydrogen-bond donors (Lipinski definition) is 0. The second-order valence-corrected chi connectivity index (χ2v) is 9.14. The van der Waals surface area contributed by atoms with E-state index >= 15 is 0 Å². The van der Waals surface area contributed by atoms with Crippen LogP contribution in [0, 0.1) is 19.8 Å². The zero-order chi connectivity index (χ0) is 22.7. The molecule has 7 nitrogen and oxygen atoms in total. The molecule has 0 aromatic heterocycles. The van der Waals surface area contributed by atoms with E-state index in [2.05, 4.69) is 0 Å². The summed E-state index contributed by atoms with van der Waals surface area (Å²) >= 11 is 6.19. The summed E-state index contributed by atoms with van der Waals surface area (Å²) in [6, 6.07) is 3.76. The molecule has 31 heavy (non-hydrogen) atoms. The van der Waals surface area contributed by atoms with Crippen LogP contribution in [0.4, 0.5) is 0 Å². The molecule has 0 aliphatic carbocycles. The van der Waals surface area contributed by atoms with Gasteiger partial charge in [-0.25, -0.2) is 0 Å². The van der Waals surface area contributed by atoms with Crippen LogP contribution in [0.3, 0.4) is 0 Å². The van der Waals surface area contributed by atoms with Crippen molar-refractivity contribution in [3.05, 3.63) is 28.3 Å². The number of ether oxygens (including phenoxy) is 1. The van der Waals surface area contributed by atoms with E-state index in [0.29, 0.717) is 49.9 Å². The third kappa shape index (κ3) is 5.50. The summed E-state index contributed by atoms with van der Waals surface area (Å²) < 4.78 is 5.71. The summed E-state index contributed by atoms with van der Waals surface area (Å²) in [5, 5.41) is 0.705. The average molecular weight is 450 g/mol. The zero-order valence-electron chi connectivity index (χ0n) is 18.8. The first-order chi connectivity index (χ1) is 14.7. The number of likely N-dealkylation sites (tertiary alicyclic amines) is 1. The molecule has 170 valence electrons. The van der Waals surface area contributed by atoms with Crippen molar-refractivity contribution in [1.82, 2.24) is 14.7 Å². The molecule has 8 heteroatoms. The van der Waals surface area contributed by atoms with Crippen LogP contribution in [-0.2, 0) is 14.4 Å². The Morgan fingerprint density at radius 2 is 1.71 bits per heavy atom. The van der Waals surface area contributed by atoms with Crippen molar-refractivity contribution >= 4 is 29.3 Å². The standard InChI is InChI=1S/C23H32ClN3O4/c1-15(2)27-13-18(12-20(27)28)23(30)26-7-5-6-25(8-9-26)21(29)14-31-19-10-16(3)22(24)17(4)11-19/h10-11,15,18H,5-9,12-14H2,1-4H3. The van der Waals surface area contributed by atoms with Crippen LogP contribution in [-0.4, -0.2) is 77.8 Å².